The van der Waals surface area contributed by atoms with Crippen LogP contribution in [-0.4, -0.2) is 42.5 Å². The summed E-state index contributed by atoms with van der Waals surface area (Å²) in [5.41, 5.74) is 4.17. The van der Waals surface area contributed by atoms with E-state index in [1.54, 1.807) is 4.52 Å². The molecule has 0 radical (unpaired) electrons. The number of ether oxygens (including phenoxy) is 1. The van der Waals surface area contributed by atoms with Gasteiger partial charge in [-0.25, -0.2) is 4.52 Å². The fourth-order valence-corrected chi connectivity index (χ4v) is 4.09. The number of thioether (sulfide) groups is 1. The standard InChI is InChI=1S/C23H20N6O2S/c1-2-31-18-10-8-17(9-11-18)24-21(30)15-32-23-26-25-22-20-14-19(16-6-4-3-5-7-16)27-29(20)13-12-28(22)23/h3-14H,2,15H2,1H3,(H,24,30). The average Bonchev–Trinajstić information content (AvgIpc) is 3.44. The lowest BCUT2D eigenvalue weighted by Crippen LogP contribution is -2.14. The minimum Gasteiger partial charge on any atom is -0.494 e. The summed E-state index contributed by atoms with van der Waals surface area (Å²) in [5.74, 6) is 0.873. The van der Waals surface area contributed by atoms with E-state index in [4.69, 9.17) is 4.74 Å². The van der Waals surface area contributed by atoms with E-state index in [2.05, 4.69) is 20.6 Å². The Labute approximate surface area is 188 Å². The molecule has 9 heteroatoms. The molecule has 0 atom stereocenters. The first-order chi connectivity index (χ1) is 15.7. The number of rotatable bonds is 7. The van der Waals surface area contributed by atoms with Crippen molar-refractivity contribution in [3.05, 3.63) is 73.1 Å². The average molecular weight is 445 g/mol. The van der Waals surface area contributed by atoms with Gasteiger partial charge in [-0.15, -0.1) is 10.2 Å². The molecule has 160 valence electrons. The van der Waals surface area contributed by atoms with Crippen LogP contribution >= 0.6 is 11.8 Å². The molecule has 0 saturated carbocycles. The van der Waals surface area contributed by atoms with Gasteiger partial charge in [0.05, 0.1) is 18.1 Å². The maximum absolute atomic E-state index is 12.4. The van der Waals surface area contributed by atoms with Crippen molar-refractivity contribution in [3.8, 4) is 17.0 Å². The molecule has 0 unspecified atom stereocenters. The summed E-state index contributed by atoms with van der Waals surface area (Å²) in [7, 11) is 0. The van der Waals surface area contributed by atoms with Gasteiger partial charge in [0.25, 0.3) is 0 Å². The molecular weight excluding hydrogens is 424 g/mol. The summed E-state index contributed by atoms with van der Waals surface area (Å²) in [6, 6.07) is 19.3. The quantitative estimate of drug-likeness (QED) is 0.379. The summed E-state index contributed by atoms with van der Waals surface area (Å²) in [6.07, 6.45) is 3.72. The number of anilines is 1. The van der Waals surface area contributed by atoms with Crippen LogP contribution in [0.5, 0.6) is 5.75 Å². The molecule has 0 aliphatic carbocycles. The predicted octanol–water partition coefficient (Wildman–Crippen LogP) is 4.17. The maximum atomic E-state index is 12.4. The molecule has 0 saturated heterocycles. The van der Waals surface area contributed by atoms with Crippen molar-refractivity contribution in [3.63, 3.8) is 0 Å². The normalized spacial score (nSPS) is 11.2. The number of nitrogens with zero attached hydrogens (tertiary/aromatic N) is 5. The summed E-state index contributed by atoms with van der Waals surface area (Å²) in [5, 5.41) is 16.8. The second-order valence-corrected chi connectivity index (χ2v) is 7.94. The number of carbonyl (C=O) groups is 1. The fourth-order valence-electron chi connectivity index (χ4n) is 3.37. The first-order valence-electron chi connectivity index (χ1n) is 10.2. The van der Waals surface area contributed by atoms with Crippen LogP contribution in [0, 0.1) is 0 Å². The molecule has 8 nitrogen and oxygen atoms in total. The molecular formula is C23H20N6O2S. The molecule has 0 bridgehead atoms. The van der Waals surface area contributed by atoms with Crippen molar-refractivity contribution in [2.45, 2.75) is 12.1 Å². The molecule has 3 heterocycles. The molecule has 1 amide bonds. The molecule has 32 heavy (non-hydrogen) atoms. The first-order valence-corrected chi connectivity index (χ1v) is 11.1. The second kappa shape index (κ2) is 8.72. The van der Waals surface area contributed by atoms with Crippen LogP contribution < -0.4 is 10.1 Å². The van der Waals surface area contributed by atoms with Crippen LogP contribution in [0.3, 0.4) is 0 Å². The van der Waals surface area contributed by atoms with E-state index >= 15 is 0 Å². The van der Waals surface area contributed by atoms with E-state index in [9.17, 15) is 4.79 Å². The summed E-state index contributed by atoms with van der Waals surface area (Å²) >= 11 is 1.33. The fraction of sp³-hybridized carbons (Fsp3) is 0.130. The van der Waals surface area contributed by atoms with Gasteiger partial charge in [-0.1, -0.05) is 42.1 Å². The van der Waals surface area contributed by atoms with Crippen LogP contribution in [0.2, 0.25) is 0 Å². The van der Waals surface area contributed by atoms with Gasteiger partial charge < -0.3 is 10.1 Å². The zero-order valence-electron chi connectivity index (χ0n) is 17.3. The smallest absolute Gasteiger partial charge is 0.234 e. The molecule has 1 N–H and O–H groups in total. The third kappa shape index (κ3) is 4.02. The van der Waals surface area contributed by atoms with Gasteiger partial charge in [0.1, 0.15) is 11.3 Å². The summed E-state index contributed by atoms with van der Waals surface area (Å²) < 4.78 is 9.09. The van der Waals surface area contributed by atoms with E-state index in [0.29, 0.717) is 17.4 Å². The SMILES string of the molecule is CCOc1ccc(NC(=O)CSc2nnc3c4cc(-c5ccccc5)nn4ccn23)cc1. The minimum atomic E-state index is -0.118. The molecule has 5 rings (SSSR count). The summed E-state index contributed by atoms with van der Waals surface area (Å²) in [4.78, 5) is 12.4. The van der Waals surface area contributed by atoms with Gasteiger partial charge in [-0.05, 0) is 37.3 Å². The maximum Gasteiger partial charge on any atom is 0.234 e. The molecule has 0 aliphatic rings. The van der Waals surface area contributed by atoms with Crippen molar-refractivity contribution in [1.82, 2.24) is 24.2 Å². The zero-order chi connectivity index (χ0) is 21.9. The Balaban J connectivity index is 1.31. The second-order valence-electron chi connectivity index (χ2n) is 6.99. The molecule has 0 fully saturated rings. The number of amides is 1. The van der Waals surface area contributed by atoms with Crippen molar-refractivity contribution < 1.29 is 9.53 Å². The molecule has 2 aromatic carbocycles. The van der Waals surface area contributed by atoms with E-state index in [0.717, 1.165) is 28.2 Å². The number of carbonyl (C=O) groups excluding carboxylic acids is 1. The Bertz CT molecular complexity index is 1380. The summed E-state index contributed by atoms with van der Waals surface area (Å²) in [6.45, 7) is 2.54. The Morgan fingerprint density at radius 3 is 2.66 bits per heavy atom. The van der Waals surface area contributed by atoms with Gasteiger partial charge in [0.15, 0.2) is 10.8 Å². The van der Waals surface area contributed by atoms with Crippen LogP contribution in [-0.2, 0) is 4.79 Å². The van der Waals surface area contributed by atoms with Crippen molar-refractivity contribution in [2.24, 2.45) is 0 Å². The molecule has 0 aliphatic heterocycles. The lowest BCUT2D eigenvalue weighted by atomic mass is 10.1. The number of hydrogen-bond acceptors (Lipinski definition) is 6. The molecule has 0 spiro atoms. The largest absolute Gasteiger partial charge is 0.494 e. The van der Waals surface area contributed by atoms with Gasteiger partial charge in [-0.3, -0.25) is 9.20 Å². The highest BCUT2D eigenvalue weighted by molar-refractivity contribution is 7.99. The van der Waals surface area contributed by atoms with Crippen LogP contribution in [0.15, 0.2) is 78.2 Å². The number of aromatic nitrogens is 5. The number of fused-ring (bicyclic) bond motifs is 3. The zero-order valence-corrected chi connectivity index (χ0v) is 18.1. The van der Waals surface area contributed by atoms with Gasteiger partial charge in [0.2, 0.25) is 5.91 Å². The number of benzene rings is 2. The number of nitrogens with one attached hydrogen (secondary N) is 1. The Morgan fingerprint density at radius 2 is 1.88 bits per heavy atom. The van der Waals surface area contributed by atoms with Crippen LogP contribution in [0.1, 0.15) is 6.92 Å². The minimum absolute atomic E-state index is 0.118. The number of hydrogen-bond donors (Lipinski definition) is 1. The highest BCUT2D eigenvalue weighted by Crippen LogP contribution is 2.24. The Kier molecular flexibility index (Phi) is 5.47. The highest BCUT2D eigenvalue weighted by atomic mass is 32.2. The van der Waals surface area contributed by atoms with E-state index in [1.165, 1.54) is 11.8 Å². The van der Waals surface area contributed by atoms with Gasteiger partial charge in [0, 0.05) is 23.6 Å². The third-order valence-electron chi connectivity index (χ3n) is 4.84. The topological polar surface area (TPSA) is 85.8 Å². The monoisotopic (exact) mass is 444 g/mol. The van der Waals surface area contributed by atoms with Gasteiger partial charge in [-0.2, -0.15) is 5.10 Å². The van der Waals surface area contributed by atoms with Crippen molar-refractivity contribution >= 4 is 34.5 Å². The van der Waals surface area contributed by atoms with Crippen LogP contribution in [0.25, 0.3) is 22.4 Å². The highest BCUT2D eigenvalue weighted by Gasteiger charge is 2.14. The Morgan fingerprint density at radius 1 is 1.06 bits per heavy atom. The van der Waals surface area contributed by atoms with E-state index < -0.39 is 0 Å². The first kappa shape index (κ1) is 20.1. The van der Waals surface area contributed by atoms with Crippen molar-refractivity contribution in [1.29, 1.82) is 0 Å². The molecule has 5 aromatic rings. The van der Waals surface area contributed by atoms with Crippen LogP contribution in [0.4, 0.5) is 5.69 Å². The third-order valence-corrected chi connectivity index (χ3v) is 5.78. The molecule has 3 aromatic heterocycles. The lowest BCUT2D eigenvalue weighted by molar-refractivity contribution is -0.113. The van der Waals surface area contributed by atoms with Crippen molar-refractivity contribution in [2.75, 3.05) is 17.7 Å². The Hall–Kier alpha value is -3.85. The predicted molar refractivity (Wildman–Crippen MR) is 124 cm³/mol. The lowest BCUT2D eigenvalue weighted by Gasteiger charge is -2.06. The van der Waals surface area contributed by atoms with E-state index in [1.807, 2.05) is 84.4 Å². The van der Waals surface area contributed by atoms with E-state index in [-0.39, 0.29) is 11.7 Å². The van der Waals surface area contributed by atoms with Gasteiger partial charge >= 0.3 is 0 Å².